The third-order valence-corrected chi connectivity index (χ3v) is 6.05. The second-order valence-corrected chi connectivity index (χ2v) is 8.39. The highest BCUT2D eigenvalue weighted by Gasteiger charge is 2.33. The summed E-state index contributed by atoms with van der Waals surface area (Å²) in [6.07, 6.45) is 2.13. The van der Waals surface area contributed by atoms with Gasteiger partial charge in [-0.3, -0.25) is 10.1 Å². The van der Waals surface area contributed by atoms with E-state index in [0.717, 1.165) is 19.4 Å². The lowest BCUT2D eigenvalue weighted by Crippen LogP contribution is -2.52. The van der Waals surface area contributed by atoms with Gasteiger partial charge < -0.3 is 5.32 Å². The molecule has 0 bridgehead atoms. The molecule has 1 aromatic rings. The molecule has 2 rings (SSSR count). The van der Waals surface area contributed by atoms with Crippen LogP contribution in [0.2, 0.25) is 0 Å². The number of nitro benzene ring substituents is 1. The minimum atomic E-state index is -3.70. The molecular formula is C15H23N3O4S. The van der Waals surface area contributed by atoms with Gasteiger partial charge in [-0.05, 0) is 43.4 Å². The summed E-state index contributed by atoms with van der Waals surface area (Å²) in [6, 6.07) is 3.83. The number of nitrogens with zero attached hydrogens (tertiary/aromatic N) is 1. The van der Waals surface area contributed by atoms with Crippen LogP contribution >= 0.6 is 0 Å². The molecule has 0 aromatic heterocycles. The molecule has 1 aliphatic rings. The van der Waals surface area contributed by atoms with E-state index < -0.39 is 14.9 Å². The zero-order valence-corrected chi connectivity index (χ0v) is 14.4. The summed E-state index contributed by atoms with van der Waals surface area (Å²) in [7, 11) is -3.70. The van der Waals surface area contributed by atoms with E-state index in [1.807, 2.05) is 0 Å². The van der Waals surface area contributed by atoms with Crippen LogP contribution in [0.15, 0.2) is 23.1 Å². The molecular weight excluding hydrogens is 318 g/mol. The molecule has 1 aromatic carbocycles. The Morgan fingerprint density at radius 1 is 1.43 bits per heavy atom. The van der Waals surface area contributed by atoms with Gasteiger partial charge in [0.25, 0.3) is 5.69 Å². The molecule has 2 N–H and O–H groups in total. The van der Waals surface area contributed by atoms with E-state index in [9.17, 15) is 18.5 Å². The summed E-state index contributed by atoms with van der Waals surface area (Å²) in [5, 5.41) is 14.1. The van der Waals surface area contributed by atoms with Crippen LogP contribution in [0.25, 0.3) is 0 Å². The van der Waals surface area contributed by atoms with Crippen molar-refractivity contribution < 1.29 is 13.3 Å². The van der Waals surface area contributed by atoms with Crippen molar-refractivity contribution in [2.45, 2.75) is 44.6 Å². The van der Waals surface area contributed by atoms with Crippen LogP contribution in [0.4, 0.5) is 5.69 Å². The molecule has 1 aliphatic heterocycles. The predicted octanol–water partition coefficient (Wildman–Crippen LogP) is 1.96. The van der Waals surface area contributed by atoms with Crippen LogP contribution in [0.5, 0.6) is 0 Å². The van der Waals surface area contributed by atoms with E-state index in [4.69, 9.17) is 0 Å². The van der Waals surface area contributed by atoms with Gasteiger partial charge >= 0.3 is 0 Å². The number of benzene rings is 1. The minimum absolute atomic E-state index is 0.0191. The van der Waals surface area contributed by atoms with E-state index in [1.165, 1.54) is 18.2 Å². The maximum Gasteiger partial charge on any atom is 0.269 e. The average molecular weight is 341 g/mol. The van der Waals surface area contributed by atoms with Crippen LogP contribution in [0.1, 0.15) is 32.3 Å². The summed E-state index contributed by atoms with van der Waals surface area (Å²) in [5.74, 6) is 0. The van der Waals surface area contributed by atoms with E-state index in [1.54, 1.807) is 6.92 Å². The molecule has 8 heteroatoms. The molecule has 128 valence electrons. The summed E-state index contributed by atoms with van der Waals surface area (Å²) in [4.78, 5) is 10.3. The Kier molecular flexibility index (Phi) is 5.07. The smallest absolute Gasteiger partial charge is 0.269 e. The van der Waals surface area contributed by atoms with Crippen LogP contribution in [0, 0.1) is 22.5 Å². The lowest BCUT2D eigenvalue weighted by Gasteiger charge is -2.39. The molecule has 0 radical (unpaired) electrons. The van der Waals surface area contributed by atoms with Crippen molar-refractivity contribution in [2.24, 2.45) is 5.41 Å². The standard InChI is InChI=1S/C15H23N3O4S/c1-11-9-12(18(19)20)5-6-13(11)23(21,22)17-10-14-15(2,3)7-4-8-16-14/h5-6,9,14,16-17H,4,7-8,10H2,1-3H3. The first-order valence-electron chi connectivity index (χ1n) is 7.61. The lowest BCUT2D eigenvalue weighted by atomic mass is 9.78. The van der Waals surface area contributed by atoms with E-state index in [-0.39, 0.29) is 22.0 Å². The first kappa shape index (κ1) is 17.8. The van der Waals surface area contributed by atoms with Gasteiger partial charge in [-0.25, -0.2) is 13.1 Å². The third kappa shape index (κ3) is 4.07. The van der Waals surface area contributed by atoms with Crippen molar-refractivity contribution in [1.29, 1.82) is 0 Å². The number of non-ortho nitro benzene ring substituents is 1. The molecule has 1 unspecified atom stereocenters. The van der Waals surface area contributed by atoms with Crippen LogP contribution in [-0.2, 0) is 10.0 Å². The lowest BCUT2D eigenvalue weighted by molar-refractivity contribution is -0.385. The number of rotatable bonds is 5. The molecule has 1 saturated heterocycles. The van der Waals surface area contributed by atoms with E-state index in [2.05, 4.69) is 23.9 Å². The number of hydrogen-bond acceptors (Lipinski definition) is 5. The fourth-order valence-corrected chi connectivity index (χ4v) is 4.21. The molecule has 0 amide bonds. The van der Waals surface area contributed by atoms with E-state index in [0.29, 0.717) is 12.1 Å². The largest absolute Gasteiger partial charge is 0.312 e. The van der Waals surface area contributed by atoms with Gasteiger partial charge in [0.1, 0.15) is 0 Å². The predicted molar refractivity (Wildman–Crippen MR) is 87.8 cm³/mol. The first-order valence-corrected chi connectivity index (χ1v) is 9.10. The Morgan fingerprint density at radius 2 is 2.13 bits per heavy atom. The fourth-order valence-electron chi connectivity index (χ4n) is 2.94. The Bertz CT molecular complexity index is 701. The fraction of sp³-hybridized carbons (Fsp3) is 0.600. The summed E-state index contributed by atoms with van der Waals surface area (Å²) in [6.45, 7) is 6.98. The van der Waals surface area contributed by atoms with Crippen molar-refractivity contribution in [3.8, 4) is 0 Å². The quantitative estimate of drug-likeness (QED) is 0.630. The molecule has 0 aliphatic carbocycles. The number of piperidine rings is 1. The Hall–Kier alpha value is -1.51. The number of aryl methyl sites for hydroxylation is 1. The second-order valence-electron chi connectivity index (χ2n) is 6.66. The van der Waals surface area contributed by atoms with Crippen molar-refractivity contribution in [3.63, 3.8) is 0 Å². The Labute approximate surface area is 136 Å². The van der Waals surface area contributed by atoms with Crippen molar-refractivity contribution in [1.82, 2.24) is 10.0 Å². The van der Waals surface area contributed by atoms with Gasteiger partial charge in [-0.15, -0.1) is 0 Å². The highest BCUT2D eigenvalue weighted by molar-refractivity contribution is 7.89. The summed E-state index contributed by atoms with van der Waals surface area (Å²) in [5.41, 5.74) is 0.268. The Balaban J connectivity index is 2.14. The van der Waals surface area contributed by atoms with Crippen molar-refractivity contribution >= 4 is 15.7 Å². The summed E-state index contributed by atoms with van der Waals surface area (Å²) < 4.78 is 27.6. The molecule has 1 fully saturated rings. The maximum atomic E-state index is 12.5. The monoisotopic (exact) mass is 341 g/mol. The van der Waals surface area contributed by atoms with Crippen LogP contribution in [-0.4, -0.2) is 32.5 Å². The Morgan fingerprint density at radius 3 is 2.70 bits per heavy atom. The third-order valence-electron chi connectivity index (χ3n) is 4.47. The van der Waals surface area contributed by atoms with Gasteiger partial charge in [0, 0.05) is 24.7 Å². The molecule has 0 spiro atoms. The van der Waals surface area contributed by atoms with Gasteiger partial charge in [-0.2, -0.15) is 0 Å². The van der Waals surface area contributed by atoms with Gasteiger partial charge in [0.05, 0.1) is 9.82 Å². The second kappa shape index (κ2) is 6.54. The van der Waals surface area contributed by atoms with Gasteiger partial charge in [-0.1, -0.05) is 13.8 Å². The molecule has 1 atom stereocenters. The molecule has 1 heterocycles. The average Bonchev–Trinajstić information content (AvgIpc) is 2.45. The number of nitrogens with one attached hydrogen (secondary N) is 2. The molecule has 23 heavy (non-hydrogen) atoms. The maximum absolute atomic E-state index is 12.5. The zero-order chi connectivity index (χ0) is 17.3. The number of hydrogen-bond donors (Lipinski definition) is 2. The van der Waals surface area contributed by atoms with Crippen LogP contribution in [0.3, 0.4) is 0 Å². The zero-order valence-electron chi connectivity index (χ0n) is 13.6. The first-order chi connectivity index (χ1) is 10.6. The van der Waals surface area contributed by atoms with Crippen LogP contribution < -0.4 is 10.0 Å². The number of sulfonamides is 1. The number of nitro groups is 1. The highest BCUT2D eigenvalue weighted by Crippen LogP contribution is 2.30. The minimum Gasteiger partial charge on any atom is -0.312 e. The topological polar surface area (TPSA) is 101 Å². The van der Waals surface area contributed by atoms with Crippen molar-refractivity contribution in [2.75, 3.05) is 13.1 Å². The summed E-state index contributed by atoms with van der Waals surface area (Å²) >= 11 is 0. The van der Waals surface area contributed by atoms with Gasteiger partial charge in [0.15, 0.2) is 0 Å². The molecule has 0 saturated carbocycles. The molecule has 7 nitrogen and oxygen atoms in total. The van der Waals surface area contributed by atoms with Gasteiger partial charge in [0.2, 0.25) is 10.0 Å². The van der Waals surface area contributed by atoms with Crippen molar-refractivity contribution in [3.05, 3.63) is 33.9 Å². The SMILES string of the molecule is Cc1cc([N+](=O)[O-])ccc1S(=O)(=O)NCC1NCCCC1(C)C. The van der Waals surface area contributed by atoms with E-state index >= 15 is 0 Å². The normalized spacial score (nSPS) is 21.1. The highest BCUT2D eigenvalue weighted by atomic mass is 32.2.